The zero-order chi connectivity index (χ0) is 13.4. The van der Waals surface area contributed by atoms with Crippen LogP contribution in [0.3, 0.4) is 0 Å². The predicted molar refractivity (Wildman–Crippen MR) is 78.3 cm³/mol. The number of methoxy groups -OCH3 is 1. The topological polar surface area (TPSA) is 21.3 Å². The monoisotopic (exact) mass is 269 g/mol. The maximum Gasteiger partial charge on any atom is 0.0558 e. The summed E-state index contributed by atoms with van der Waals surface area (Å²) in [5.41, 5.74) is 1.20. The van der Waals surface area contributed by atoms with Crippen LogP contribution >= 0.6 is 11.6 Å². The third-order valence-electron chi connectivity index (χ3n) is 3.13. The Balaban J connectivity index is 2.62. The molecule has 1 aromatic rings. The molecule has 0 aliphatic rings. The Labute approximate surface area is 116 Å². The van der Waals surface area contributed by atoms with E-state index < -0.39 is 0 Å². The van der Waals surface area contributed by atoms with E-state index in [-0.39, 0.29) is 6.10 Å². The summed E-state index contributed by atoms with van der Waals surface area (Å²) in [5, 5.41) is 4.42. The van der Waals surface area contributed by atoms with Gasteiger partial charge in [0.15, 0.2) is 0 Å². The molecule has 0 aliphatic heterocycles. The van der Waals surface area contributed by atoms with Gasteiger partial charge in [-0.2, -0.15) is 0 Å². The number of hydrogen-bond donors (Lipinski definition) is 1. The molecule has 0 saturated heterocycles. The molecule has 2 unspecified atom stereocenters. The van der Waals surface area contributed by atoms with E-state index in [9.17, 15) is 0 Å². The van der Waals surface area contributed by atoms with E-state index in [1.807, 2.05) is 18.2 Å². The van der Waals surface area contributed by atoms with Gasteiger partial charge in [0.05, 0.1) is 6.10 Å². The van der Waals surface area contributed by atoms with Crippen molar-refractivity contribution in [1.82, 2.24) is 5.32 Å². The molecular formula is C15H24ClNO. The summed E-state index contributed by atoms with van der Waals surface area (Å²) in [4.78, 5) is 0. The lowest BCUT2D eigenvalue weighted by molar-refractivity contribution is 0.100. The summed E-state index contributed by atoms with van der Waals surface area (Å²) in [6, 6.07) is 8.48. The van der Waals surface area contributed by atoms with Gasteiger partial charge in [0, 0.05) is 18.2 Å². The number of ether oxygens (including phenoxy) is 1. The van der Waals surface area contributed by atoms with Crippen LogP contribution in [-0.4, -0.2) is 25.8 Å². The molecule has 2 nitrogen and oxygen atoms in total. The predicted octanol–water partition coefficient (Wildman–Crippen LogP) is 3.68. The van der Waals surface area contributed by atoms with E-state index in [4.69, 9.17) is 16.3 Å². The second-order valence-corrected chi connectivity index (χ2v) is 5.14. The summed E-state index contributed by atoms with van der Waals surface area (Å²) in [7, 11) is 1.76. The number of halogens is 1. The highest BCUT2D eigenvalue weighted by molar-refractivity contribution is 6.31. The average molecular weight is 270 g/mol. The highest BCUT2D eigenvalue weighted by Crippen LogP contribution is 2.18. The van der Waals surface area contributed by atoms with E-state index in [0.717, 1.165) is 30.8 Å². The van der Waals surface area contributed by atoms with Crippen molar-refractivity contribution in [2.75, 3.05) is 13.7 Å². The normalized spacial score (nSPS) is 14.4. The molecule has 102 valence electrons. The zero-order valence-electron chi connectivity index (χ0n) is 11.6. The van der Waals surface area contributed by atoms with Crippen molar-refractivity contribution >= 4 is 11.6 Å². The molecule has 0 amide bonds. The van der Waals surface area contributed by atoms with Crippen LogP contribution in [0.1, 0.15) is 32.3 Å². The van der Waals surface area contributed by atoms with Crippen molar-refractivity contribution in [3.8, 4) is 0 Å². The molecule has 0 aliphatic carbocycles. The fraction of sp³-hybridized carbons (Fsp3) is 0.600. The fourth-order valence-electron chi connectivity index (χ4n) is 2.01. The first-order valence-corrected chi connectivity index (χ1v) is 7.04. The summed E-state index contributed by atoms with van der Waals surface area (Å²) in [5.74, 6) is 0. The van der Waals surface area contributed by atoms with Gasteiger partial charge in [-0.3, -0.25) is 0 Å². The van der Waals surface area contributed by atoms with Gasteiger partial charge in [-0.15, -0.1) is 0 Å². The summed E-state index contributed by atoms with van der Waals surface area (Å²) in [6.07, 6.45) is 3.36. The maximum absolute atomic E-state index is 6.21. The Morgan fingerprint density at radius 3 is 2.67 bits per heavy atom. The molecule has 0 radical (unpaired) electrons. The van der Waals surface area contributed by atoms with Crippen LogP contribution in [-0.2, 0) is 11.2 Å². The van der Waals surface area contributed by atoms with Crippen LogP contribution < -0.4 is 5.32 Å². The molecule has 1 aromatic carbocycles. The number of benzene rings is 1. The Bertz CT molecular complexity index is 343. The van der Waals surface area contributed by atoms with Crippen LogP contribution in [0.15, 0.2) is 24.3 Å². The molecule has 18 heavy (non-hydrogen) atoms. The first kappa shape index (κ1) is 15.5. The number of nitrogens with one attached hydrogen (secondary N) is 1. The molecule has 1 rings (SSSR count). The van der Waals surface area contributed by atoms with E-state index in [1.54, 1.807) is 7.11 Å². The van der Waals surface area contributed by atoms with Crippen molar-refractivity contribution < 1.29 is 4.74 Å². The van der Waals surface area contributed by atoms with Gasteiger partial charge in [-0.1, -0.05) is 36.7 Å². The van der Waals surface area contributed by atoms with Crippen LogP contribution in [0.2, 0.25) is 5.02 Å². The summed E-state index contributed by atoms with van der Waals surface area (Å²) in [6.45, 7) is 5.32. The van der Waals surface area contributed by atoms with Gasteiger partial charge < -0.3 is 10.1 Å². The largest absolute Gasteiger partial charge is 0.382 e. The highest BCUT2D eigenvalue weighted by Gasteiger charge is 2.14. The minimum Gasteiger partial charge on any atom is -0.382 e. The van der Waals surface area contributed by atoms with E-state index in [1.165, 1.54) is 5.56 Å². The standard InChI is InChI=1S/C15H24ClNO/c1-4-9-17-14(10-12(2)18-3)11-13-7-5-6-8-15(13)16/h5-8,12,14,17H,4,9-11H2,1-3H3. The van der Waals surface area contributed by atoms with Gasteiger partial charge in [0.1, 0.15) is 0 Å². The Hall–Kier alpha value is -0.570. The second kappa shape index (κ2) is 8.52. The molecule has 2 atom stereocenters. The van der Waals surface area contributed by atoms with Crippen LogP contribution in [0, 0.1) is 0 Å². The van der Waals surface area contributed by atoms with Crippen molar-refractivity contribution in [2.24, 2.45) is 0 Å². The smallest absolute Gasteiger partial charge is 0.0558 e. The van der Waals surface area contributed by atoms with Gasteiger partial charge >= 0.3 is 0 Å². The Kier molecular flexibility index (Phi) is 7.33. The van der Waals surface area contributed by atoms with Gasteiger partial charge in [0.2, 0.25) is 0 Å². The summed E-state index contributed by atoms with van der Waals surface area (Å²) >= 11 is 6.21. The van der Waals surface area contributed by atoms with Crippen LogP contribution in [0.25, 0.3) is 0 Å². The lowest BCUT2D eigenvalue weighted by atomic mass is 10.0. The maximum atomic E-state index is 6.21. The fourth-order valence-corrected chi connectivity index (χ4v) is 2.23. The first-order chi connectivity index (χ1) is 8.67. The van der Waals surface area contributed by atoms with Crippen LogP contribution in [0.4, 0.5) is 0 Å². The lowest BCUT2D eigenvalue weighted by Crippen LogP contribution is -2.35. The van der Waals surface area contributed by atoms with Crippen molar-refractivity contribution in [2.45, 2.75) is 45.3 Å². The Morgan fingerprint density at radius 2 is 2.06 bits per heavy atom. The molecular weight excluding hydrogens is 246 g/mol. The molecule has 1 N–H and O–H groups in total. The average Bonchev–Trinajstić information content (AvgIpc) is 2.38. The van der Waals surface area contributed by atoms with Crippen molar-refractivity contribution in [1.29, 1.82) is 0 Å². The molecule has 0 bridgehead atoms. The van der Waals surface area contributed by atoms with Gasteiger partial charge in [-0.25, -0.2) is 0 Å². The SMILES string of the molecule is CCCNC(Cc1ccccc1Cl)CC(C)OC. The second-order valence-electron chi connectivity index (χ2n) is 4.73. The van der Waals surface area contributed by atoms with Gasteiger partial charge in [0.25, 0.3) is 0 Å². The molecule has 0 aromatic heterocycles. The van der Waals surface area contributed by atoms with Gasteiger partial charge in [-0.05, 0) is 44.4 Å². The first-order valence-electron chi connectivity index (χ1n) is 6.67. The quantitative estimate of drug-likeness (QED) is 0.777. The molecule has 0 spiro atoms. The third kappa shape index (κ3) is 5.38. The number of rotatable bonds is 8. The van der Waals surface area contributed by atoms with Crippen molar-refractivity contribution in [3.05, 3.63) is 34.9 Å². The summed E-state index contributed by atoms with van der Waals surface area (Å²) < 4.78 is 5.36. The van der Waals surface area contributed by atoms with Crippen molar-refractivity contribution in [3.63, 3.8) is 0 Å². The minimum absolute atomic E-state index is 0.266. The molecule has 3 heteroatoms. The van der Waals surface area contributed by atoms with E-state index in [2.05, 4.69) is 25.2 Å². The molecule has 0 heterocycles. The van der Waals surface area contributed by atoms with E-state index in [0.29, 0.717) is 6.04 Å². The third-order valence-corrected chi connectivity index (χ3v) is 3.49. The van der Waals surface area contributed by atoms with Crippen LogP contribution in [0.5, 0.6) is 0 Å². The lowest BCUT2D eigenvalue weighted by Gasteiger charge is -2.22. The number of hydrogen-bond acceptors (Lipinski definition) is 2. The zero-order valence-corrected chi connectivity index (χ0v) is 12.3. The minimum atomic E-state index is 0.266. The molecule has 0 saturated carbocycles. The highest BCUT2D eigenvalue weighted by atomic mass is 35.5. The Morgan fingerprint density at radius 1 is 1.33 bits per heavy atom. The van der Waals surface area contributed by atoms with E-state index >= 15 is 0 Å². The molecule has 0 fully saturated rings.